The highest BCUT2D eigenvalue weighted by Crippen LogP contribution is 2.00. The SMILES string of the molecule is C\C=C/C(=C\N=C/N)COC(C)C. The zero-order valence-electron chi connectivity index (χ0n) is 8.53. The van der Waals surface area contributed by atoms with Gasteiger partial charge < -0.3 is 10.5 Å². The highest BCUT2D eigenvalue weighted by Gasteiger charge is 1.95. The van der Waals surface area contributed by atoms with Crippen molar-refractivity contribution in [3.05, 3.63) is 23.9 Å². The molecule has 0 aromatic rings. The third-order valence-electron chi connectivity index (χ3n) is 1.29. The number of ether oxygens (including phenoxy) is 1. The lowest BCUT2D eigenvalue weighted by Crippen LogP contribution is -2.05. The van der Waals surface area contributed by atoms with Crippen molar-refractivity contribution in [3.8, 4) is 0 Å². The zero-order valence-corrected chi connectivity index (χ0v) is 8.53. The van der Waals surface area contributed by atoms with Crippen molar-refractivity contribution >= 4 is 6.34 Å². The Morgan fingerprint density at radius 3 is 2.69 bits per heavy atom. The predicted octanol–water partition coefficient (Wildman–Crippen LogP) is 1.86. The molecule has 0 bridgehead atoms. The summed E-state index contributed by atoms with van der Waals surface area (Å²) in [6.45, 7) is 6.52. The molecule has 0 aromatic carbocycles. The van der Waals surface area contributed by atoms with Gasteiger partial charge in [-0.3, -0.25) is 0 Å². The fourth-order valence-electron chi connectivity index (χ4n) is 0.744. The van der Waals surface area contributed by atoms with Gasteiger partial charge in [0.15, 0.2) is 0 Å². The summed E-state index contributed by atoms with van der Waals surface area (Å²) in [5.74, 6) is 0. The summed E-state index contributed by atoms with van der Waals surface area (Å²) in [5, 5.41) is 0. The van der Waals surface area contributed by atoms with Gasteiger partial charge in [-0.1, -0.05) is 12.2 Å². The summed E-state index contributed by atoms with van der Waals surface area (Å²) in [6.07, 6.45) is 7.09. The zero-order chi connectivity index (χ0) is 10.1. The average Bonchev–Trinajstić information content (AvgIpc) is 2.09. The predicted molar refractivity (Wildman–Crippen MR) is 56.7 cm³/mol. The lowest BCUT2D eigenvalue weighted by Gasteiger charge is -2.06. The van der Waals surface area contributed by atoms with Gasteiger partial charge in [-0.15, -0.1) is 0 Å². The summed E-state index contributed by atoms with van der Waals surface area (Å²) in [4.78, 5) is 3.83. The van der Waals surface area contributed by atoms with Gasteiger partial charge in [0.2, 0.25) is 0 Å². The molecule has 2 N–H and O–H groups in total. The van der Waals surface area contributed by atoms with Crippen LogP contribution in [-0.4, -0.2) is 19.0 Å². The third-order valence-corrected chi connectivity index (χ3v) is 1.29. The molecule has 3 nitrogen and oxygen atoms in total. The third kappa shape index (κ3) is 7.28. The molecule has 0 saturated heterocycles. The number of hydrogen-bond acceptors (Lipinski definition) is 2. The summed E-state index contributed by atoms with van der Waals surface area (Å²) in [6, 6.07) is 0. The monoisotopic (exact) mass is 182 g/mol. The molecule has 0 unspecified atom stereocenters. The van der Waals surface area contributed by atoms with Crippen molar-refractivity contribution in [2.24, 2.45) is 10.7 Å². The second-order valence-corrected chi connectivity index (χ2v) is 2.86. The highest BCUT2D eigenvalue weighted by molar-refractivity contribution is 5.52. The number of rotatable bonds is 5. The van der Waals surface area contributed by atoms with Crippen molar-refractivity contribution in [1.29, 1.82) is 0 Å². The second kappa shape index (κ2) is 7.55. The molecule has 3 heteroatoms. The van der Waals surface area contributed by atoms with Crippen molar-refractivity contribution in [2.45, 2.75) is 26.9 Å². The average molecular weight is 182 g/mol. The molecule has 13 heavy (non-hydrogen) atoms. The lowest BCUT2D eigenvalue weighted by molar-refractivity contribution is 0.0987. The Kier molecular flexibility index (Phi) is 6.92. The maximum atomic E-state index is 5.42. The first-order valence-electron chi connectivity index (χ1n) is 4.37. The number of aliphatic imine (C=N–C) groups is 1. The molecule has 0 spiro atoms. The van der Waals surface area contributed by atoms with E-state index in [1.54, 1.807) is 6.20 Å². The van der Waals surface area contributed by atoms with E-state index < -0.39 is 0 Å². The quantitative estimate of drug-likeness (QED) is 0.401. The van der Waals surface area contributed by atoms with Crippen LogP contribution >= 0.6 is 0 Å². The molecule has 74 valence electrons. The Morgan fingerprint density at radius 1 is 1.54 bits per heavy atom. The van der Waals surface area contributed by atoms with Crippen LogP contribution in [0.4, 0.5) is 0 Å². The van der Waals surface area contributed by atoms with Gasteiger partial charge in [-0.05, 0) is 26.3 Å². The first-order chi connectivity index (χ1) is 6.20. The molecule has 0 aliphatic rings. The van der Waals surface area contributed by atoms with Crippen molar-refractivity contribution < 1.29 is 4.74 Å². The normalized spacial score (nSPS) is 13.7. The molecule has 0 aliphatic heterocycles. The second-order valence-electron chi connectivity index (χ2n) is 2.86. The maximum Gasteiger partial charge on any atom is 0.0852 e. The van der Waals surface area contributed by atoms with E-state index in [2.05, 4.69) is 4.99 Å². The topological polar surface area (TPSA) is 47.6 Å². The van der Waals surface area contributed by atoms with E-state index in [4.69, 9.17) is 10.5 Å². The van der Waals surface area contributed by atoms with E-state index in [1.807, 2.05) is 32.9 Å². The molecular weight excluding hydrogens is 164 g/mol. The van der Waals surface area contributed by atoms with Crippen LogP contribution in [0.25, 0.3) is 0 Å². The Morgan fingerprint density at radius 2 is 2.23 bits per heavy atom. The molecule has 0 amide bonds. The molecule has 0 atom stereocenters. The van der Waals surface area contributed by atoms with Crippen LogP contribution in [0.2, 0.25) is 0 Å². The Labute approximate surface area is 80.0 Å². The van der Waals surface area contributed by atoms with Crippen LogP contribution in [0.3, 0.4) is 0 Å². The van der Waals surface area contributed by atoms with Crippen LogP contribution in [-0.2, 0) is 4.74 Å². The van der Waals surface area contributed by atoms with Crippen LogP contribution in [0.5, 0.6) is 0 Å². The number of allylic oxidation sites excluding steroid dienone is 1. The van der Waals surface area contributed by atoms with E-state index in [-0.39, 0.29) is 6.10 Å². The molecule has 0 heterocycles. The fourth-order valence-corrected chi connectivity index (χ4v) is 0.744. The molecule has 0 aromatic heterocycles. The van der Waals surface area contributed by atoms with Gasteiger partial charge in [-0.2, -0.15) is 0 Å². The van der Waals surface area contributed by atoms with Gasteiger partial charge in [-0.25, -0.2) is 4.99 Å². The van der Waals surface area contributed by atoms with Gasteiger partial charge in [0, 0.05) is 6.20 Å². The first-order valence-corrected chi connectivity index (χ1v) is 4.37. The lowest BCUT2D eigenvalue weighted by atomic mass is 10.3. The minimum Gasteiger partial charge on any atom is -0.390 e. The standard InChI is InChI=1S/C10H18N2O/c1-4-5-10(6-12-8-11)7-13-9(2)3/h4-6,8-9H,7H2,1-3H3,(H2,11,12)/b5-4-,10-6+. The minimum absolute atomic E-state index is 0.232. The number of hydrogen-bond donors (Lipinski definition) is 1. The minimum atomic E-state index is 0.232. The van der Waals surface area contributed by atoms with Crippen LogP contribution < -0.4 is 5.73 Å². The van der Waals surface area contributed by atoms with Crippen molar-refractivity contribution in [2.75, 3.05) is 6.61 Å². The van der Waals surface area contributed by atoms with Crippen molar-refractivity contribution in [3.63, 3.8) is 0 Å². The number of nitrogens with zero attached hydrogens (tertiary/aromatic N) is 1. The highest BCUT2D eigenvalue weighted by atomic mass is 16.5. The summed E-state index contributed by atoms with van der Waals surface area (Å²) >= 11 is 0. The maximum absolute atomic E-state index is 5.42. The first kappa shape index (κ1) is 11.9. The van der Waals surface area contributed by atoms with Crippen LogP contribution in [0.15, 0.2) is 28.9 Å². The van der Waals surface area contributed by atoms with Crippen molar-refractivity contribution in [1.82, 2.24) is 0 Å². The molecule has 0 aliphatic carbocycles. The van der Waals surface area contributed by atoms with Gasteiger partial charge in [0.1, 0.15) is 0 Å². The summed E-state index contributed by atoms with van der Waals surface area (Å²) in [5.41, 5.74) is 6.14. The smallest absolute Gasteiger partial charge is 0.0852 e. The Bertz CT molecular complexity index is 205. The molecule has 0 radical (unpaired) electrons. The Hall–Kier alpha value is -1.09. The van der Waals surface area contributed by atoms with E-state index >= 15 is 0 Å². The van der Waals surface area contributed by atoms with Crippen LogP contribution in [0.1, 0.15) is 20.8 Å². The van der Waals surface area contributed by atoms with Crippen LogP contribution in [0, 0.1) is 0 Å². The van der Waals surface area contributed by atoms with E-state index in [0.29, 0.717) is 6.61 Å². The summed E-state index contributed by atoms with van der Waals surface area (Å²) in [7, 11) is 0. The largest absolute Gasteiger partial charge is 0.390 e. The van der Waals surface area contributed by atoms with E-state index in [1.165, 1.54) is 6.34 Å². The molecular formula is C10H18N2O. The van der Waals surface area contributed by atoms with Gasteiger partial charge in [0.05, 0.1) is 19.0 Å². The fraction of sp³-hybridized carbons (Fsp3) is 0.500. The van der Waals surface area contributed by atoms with E-state index in [0.717, 1.165) is 5.57 Å². The molecule has 0 saturated carbocycles. The summed E-state index contributed by atoms with van der Waals surface area (Å²) < 4.78 is 5.42. The molecule has 0 fully saturated rings. The van der Waals surface area contributed by atoms with Gasteiger partial charge >= 0.3 is 0 Å². The molecule has 0 rings (SSSR count). The number of nitrogens with two attached hydrogens (primary N) is 1. The van der Waals surface area contributed by atoms with E-state index in [9.17, 15) is 0 Å². The van der Waals surface area contributed by atoms with Gasteiger partial charge in [0.25, 0.3) is 0 Å². The Balaban J connectivity index is 4.09.